The third-order valence-electron chi connectivity index (χ3n) is 3.45. The zero-order valence-corrected chi connectivity index (χ0v) is 14.4. The van der Waals surface area contributed by atoms with E-state index in [1.54, 1.807) is 4.57 Å². The normalized spacial score (nSPS) is 12.8. The van der Waals surface area contributed by atoms with Gasteiger partial charge in [0.15, 0.2) is 0 Å². The van der Waals surface area contributed by atoms with Crippen molar-refractivity contribution in [2.75, 3.05) is 0 Å². The summed E-state index contributed by atoms with van der Waals surface area (Å²) in [4.78, 5) is 27.1. The van der Waals surface area contributed by atoms with E-state index in [-0.39, 0.29) is 12.6 Å². The van der Waals surface area contributed by atoms with Crippen LogP contribution in [0.5, 0.6) is 0 Å². The summed E-state index contributed by atoms with van der Waals surface area (Å²) in [5.74, 6) is -0.920. The minimum atomic E-state index is -0.920. The topological polar surface area (TPSA) is 93.5 Å². The number of alkyl carbamates (subject to hydrolysis) is 1. The first kappa shape index (κ1) is 17.8. The van der Waals surface area contributed by atoms with Crippen LogP contribution >= 0.6 is 0 Å². The maximum Gasteiger partial charge on any atom is 0.408 e. The van der Waals surface area contributed by atoms with Crippen LogP contribution in [-0.2, 0) is 16.1 Å². The number of benzene rings is 1. The molecule has 1 aromatic heterocycles. The van der Waals surface area contributed by atoms with Crippen molar-refractivity contribution in [2.45, 2.75) is 52.3 Å². The third-order valence-corrected chi connectivity index (χ3v) is 3.45. The molecule has 0 saturated carbocycles. The molecule has 0 radical (unpaired) electrons. The Bertz CT molecular complexity index is 746. The number of aromatic nitrogens is 2. The average Bonchev–Trinajstić information content (AvgIpc) is 2.84. The summed E-state index contributed by atoms with van der Waals surface area (Å²) in [6.07, 6.45) is 1.73. The highest BCUT2D eigenvalue weighted by Gasteiger charge is 2.20. The Morgan fingerprint density at radius 2 is 2.08 bits per heavy atom. The summed E-state index contributed by atoms with van der Waals surface area (Å²) in [6, 6.07) is 5.35. The number of hydrogen-bond acceptors (Lipinski definition) is 4. The lowest BCUT2D eigenvalue weighted by atomic mass is 10.0. The number of ether oxygens (including phenoxy) is 1. The van der Waals surface area contributed by atoms with E-state index < -0.39 is 17.7 Å². The van der Waals surface area contributed by atoms with E-state index in [1.165, 1.54) is 6.33 Å². The summed E-state index contributed by atoms with van der Waals surface area (Å²) < 4.78 is 6.86. The van der Waals surface area contributed by atoms with Gasteiger partial charge in [-0.25, -0.2) is 9.78 Å². The van der Waals surface area contributed by atoms with Gasteiger partial charge in [-0.2, -0.15) is 0 Å². The highest BCUT2D eigenvalue weighted by atomic mass is 16.6. The number of carbonyl (C=O) groups excluding carboxylic acids is 1. The Morgan fingerprint density at radius 3 is 2.67 bits per heavy atom. The van der Waals surface area contributed by atoms with E-state index >= 15 is 0 Å². The maximum atomic E-state index is 12.0. The molecule has 1 amide bonds. The predicted octanol–water partition coefficient (Wildman–Crippen LogP) is 3.10. The summed E-state index contributed by atoms with van der Waals surface area (Å²) in [5.41, 5.74) is 1.78. The smallest absolute Gasteiger partial charge is 0.408 e. The highest BCUT2D eigenvalue weighted by molar-refractivity contribution is 5.78. The van der Waals surface area contributed by atoms with Gasteiger partial charge in [0.1, 0.15) is 12.1 Å². The number of rotatable bonds is 5. The largest absolute Gasteiger partial charge is 0.480 e. The van der Waals surface area contributed by atoms with Crippen LogP contribution in [0.3, 0.4) is 0 Å². The number of carboxylic acid groups (broad SMARTS) is 1. The van der Waals surface area contributed by atoms with E-state index in [2.05, 4.69) is 10.3 Å². The first-order chi connectivity index (χ1) is 11.2. The van der Waals surface area contributed by atoms with Crippen LogP contribution < -0.4 is 5.32 Å². The van der Waals surface area contributed by atoms with Gasteiger partial charge in [0.2, 0.25) is 0 Å². The van der Waals surface area contributed by atoms with Crippen LogP contribution in [0.4, 0.5) is 4.79 Å². The second-order valence-corrected chi connectivity index (χ2v) is 6.62. The molecule has 24 heavy (non-hydrogen) atoms. The molecule has 0 aliphatic heterocycles. The minimum absolute atomic E-state index is 0.136. The van der Waals surface area contributed by atoms with E-state index in [1.807, 2.05) is 45.9 Å². The van der Waals surface area contributed by atoms with Crippen molar-refractivity contribution in [1.82, 2.24) is 14.9 Å². The number of carbonyl (C=O) groups is 2. The Hall–Kier alpha value is -2.57. The fourth-order valence-corrected chi connectivity index (χ4v) is 2.44. The number of nitrogens with zero attached hydrogens (tertiary/aromatic N) is 2. The van der Waals surface area contributed by atoms with Gasteiger partial charge in [-0.1, -0.05) is 13.0 Å². The molecule has 0 aliphatic rings. The SMILES string of the molecule is CCC(NC(=O)OC(C)(C)C)c1ccc2c(c1)ncn2CC(=O)O. The van der Waals surface area contributed by atoms with Crippen LogP contribution in [0.25, 0.3) is 11.0 Å². The molecule has 0 aliphatic carbocycles. The van der Waals surface area contributed by atoms with Gasteiger partial charge in [-0.3, -0.25) is 4.79 Å². The van der Waals surface area contributed by atoms with Gasteiger partial charge in [-0.15, -0.1) is 0 Å². The molecule has 2 aromatic rings. The molecule has 7 heteroatoms. The first-order valence-corrected chi connectivity index (χ1v) is 7.85. The molecule has 0 fully saturated rings. The molecule has 1 aromatic carbocycles. The number of nitrogens with one attached hydrogen (secondary N) is 1. The summed E-state index contributed by atoms with van der Waals surface area (Å²) in [6.45, 7) is 7.27. The van der Waals surface area contributed by atoms with Crippen LogP contribution in [0, 0.1) is 0 Å². The average molecular weight is 333 g/mol. The van der Waals surface area contributed by atoms with Gasteiger partial charge < -0.3 is 19.7 Å². The molecule has 0 spiro atoms. The van der Waals surface area contributed by atoms with E-state index in [9.17, 15) is 9.59 Å². The summed E-state index contributed by atoms with van der Waals surface area (Å²) >= 11 is 0. The summed E-state index contributed by atoms with van der Waals surface area (Å²) in [5, 5.41) is 11.8. The van der Waals surface area contributed by atoms with Crippen LogP contribution in [-0.4, -0.2) is 32.3 Å². The molecule has 2 rings (SSSR count). The van der Waals surface area contributed by atoms with Crippen molar-refractivity contribution >= 4 is 23.1 Å². The molecule has 1 atom stereocenters. The third kappa shape index (κ3) is 4.47. The van der Waals surface area contributed by atoms with E-state index in [0.29, 0.717) is 11.9 Å². The molecule has 2 N–H and O–H groups in total. The summed E-state index contributed by atoms with van der Waals surface area (Å²) in [7, 11) is 0. The number of hydrogen-bond donors (Lipinski definition) is 2. The fourth-order valence-electron chi connectivity index (χ4n) is 2.44. The monoisotopic (exact) mass is 333 g/mol. The molecule has 1 unspecified atom stereocenters. The van der Waals surface area contributed by atoms with Crippen molar-refractivity contribution in [1.29, 1.82) is 0 Å². The highest BCUT2D eigenvalue weighted by Crippen LogP contribution is 2.22. The van der Waals surface area contributed by atoms with Crippen LogP contribution in [0.15, 0.2) is 24.5 Å². The minimum Gasteiger partial charge on any atom is -0.480 e. The van der Waals surface area contributed by atoms with E-state index in [4.69, 9.17) is 9.84 Å². The molecule has 1 heterocycles. The Morgan fingerprint density at radius 1 is 1.38 bits per heavy atom. The van der Waals surface area contributed by atoms with Gasteiger partial charge in [0.25, 0.3) is 0 Å². The van der Waals surface area contributed by atoms with Gasteiger partial charge >= 0.3 is 12.1 Å². The molecule has 130 valence electrons. The lowest BCUT2D eigenvalue weighted by Gasteiger charge is -2.23. The lowest BCUT2D eigenvalue weighted by molar-refractivity contribution is -0.137. The van der Waals surface area contributed by atoms with Crippen LogP contribution in [0.1, 0.15) is 45.7 Å². The van der Waals surface area contributed by atoms with Gasteiger partial charge in [0, 0.05) is 0 Å². The Labute approximate surface area is 140 Å². The first-order valence-electron chi connectivity index (χ1n) is 7.85. The standard InChI is InChI=1S/C17H23N3O4/c1-5-12(19-16(23)24-17(2,3)4)11-6-7-14-13(8-11)18-10-20(14)9-15(21)22/h6-8,10,12H,5,9H2,1-4H3,(H,19,23)(H,21,22). The molecule has 0 bridgehead atoms. The van der Waals surface area contributed by atoms with Crippen molar-refractivity contribution in [3.05, 3.63) is 30.1 Å². The maximum absolute atomic E-state index is 12.0. The number of amides is 1. The van der Waals surface area contributed by atoms with Crippen LogP contribution in [0.2, 0.25) is 0 Å². The second kappa shape index (κ2) is 6.90. The zero-order chi connectivity index (χ0) is 17.9. The Balaban J connectivity index is 2.20. The number of fused-ring (bicyclic) bond motifs is 1. The molecular formula is C17H23N3O4. The van der Waals surface area contributed by atoms with Crippen molar-refractivity contribution < 1.29 is 19.4 Å². The predicted molar refractivity (Wildman–Crippen MR) is 89.8 cm³/mol. The van der Waals surface area contributed by atoms with E-state index in [0.717, 1.165) is 11.1 Å². The van der Waals surface area contributed by atoms with Crippen molar-refractivity contribution in [3.8, 4) is 0 Å². The quantitative estimate of drug-likeness (QED) is 0.877. The number of aliphatic carboxylic acids is 1. The molecule has 0 saturated heterocycles. The molecular weight excluding hydrogens is 310 g/mol. The second-order valence-electron chi connectivity index (χ2n) is 6.62. The van der Waals surface area contributed by atoms with Crippen molar-refractivity contribution in [3.63, 3.8) is 0 Å². The molecule has 7 nitrogen and oxygen atoms in total. The van der Waals surface area contributed by atoms with Crippen molar-refractivity contribution in [2.24, 2.45) is 0 Å². The number of carboxylic acids is 1. The Kier molecular flexibility index (Phi) is 5.11. The lowest BCUT2D eigenvalue weighted by Crippen LogP contribution is -2.34. The zero-order valence-electron chi connectivity index (χ0n) is 14.4. The van der Waals surface area contributed by atoms with Gasteiger partial charge in [-0.05, 0) is 44.9 Å². The fraction of sp³-hybridized carbons (Fsp3) is 0.471. The van der Waals surface area contributed by atoms with Gasteiger partial charge in [0.05, 0.1) is 23.4 Å². The number of imidazole rings is 1.